The lowest BCUT2D eigenvalue weighted by Gasteiger charge is -2.19. The van der Waals surface area contributed by atoms with E-state index >= 15 is 0 Å². The molecule has 1 N–H and O–H groups in total. The van der Waals surface area contributed by atoms with E-state index in [-0.39, 0.29) is 5.54 Å². The van der Waals surface area contributed by atoms with E-state index < -0.39 is 0 Å². The molecule has 5 heteroatoms. The van der Waals surface area contributed by atoms with Gasteiger partial charge in [-0.05, 0) is 51.5 Å². The summed E-state index contributed by atoms with van der Waals surface area (Å²) in [6.45, 7) is 8.96. The first kappa shape index (κ1) is 15.7. The lowest BCUT2D eigenvalue weighted by Crippen LogP contribution is -2.35. The summed E-state index contributed by atoms with van der Waals surface area (Å²) in [4.78, 5) is 8.63. The van der Waals surface area contributed by atoms with Crippen molar-refractivity contribution in [1.29, 1.82) is 0 Å². The molecule has 0 saturated carbocycles. The summed E-state index contributed by atoms with van der Waals surface area (Å²) >= 11 is 5.92. The van der Waals surface area contributed by atoms with Crippen molar-refractivity contribution in [3.63, 3.8) is 0 Å². The molecule has 2 aromatic rings. The number of ether oxygens (including phenoxy) is 1. The first-order chi connectivity index (χ1) is 9.83. The fourth-order valence-corrected chi connectivity index (χ4v) is 1.91. The van der Waals surface area contributed by atoms with Crippen molar-refractivity contribution in [3.05, 3.63) is 46.9 Å². The molecule has 1 heterocycles. The number of halogens is 1. The van der Waals surface area contributed by atoms with Crippen molar-refractivity contribution in [1.82, 2.24) is 15.3 Å². The minimum atomic E-state index is 0.0528. The Morgan fingerprint density at radius 3 is 2.52 bits per heavy atom. The maximum atomic E-state index is 5.92. The van der Waals surface area contributed by atoms with Gasteiger partial charge in [0.25, 0.3) is 0 Å². The second-order valence-corrected chi connectivity index (χ2v) is 6.40. The molecule has 0 aliphatic carbocycles. The van der Waals surface area contributed by atoms with Gasteiger partial charge in [0.2, 0.25) is 5.88 Å². The highest BCUT2D eigenvalue weighted by atomic mass is 35.5. The maximum absolute atomic E-state index is 5.92. The molecule has 0 atom stereocenters. The summed E-state index contributed by atoms with van der Waals surface area (Å²) in [6, 6.07) is 5.47. The standard InChI is InChI=1S/C16H20ClN3O/c1-11-7-12(17)5-6-14(11)21-15-10-18-13(8-19-15)9-20-16(2,3)4/h5-8,10,20H,9H2,1-4H3. The lowest BCUT2D eigenvalue weighted by atomic mass is 10.1. The number of aryl methyl sites for hydroxylation is 1. The summed E-state index contributed by atoms with van der Waals surface area (Å²) in [5.41, 5.74) is 1.89. The minimum Gasteiger partial charge on any atom is -0.437 e. The van der Waals surface area contributed by atoms with Crippen LogP contribution in [0.2, 0.25) is 5.02 Å². The normalized spacial score (nSPS) is 11.5. The van der Waals surface area contributed by atoms with Crippen LogP contribution >= 0.6 is 11.6 Å². The molecule has 0 amide bonds. The number of nitrogens with zero attached hydrogens (tertiary/aromatic N) is 2. The molecular weight excluding hydrogens is 286 g/mol. The SMILES string of the molecule is Cc1cc(Cl)ccc1Oc1cnc(CNC(C)(C)C)cn1. The van der Waals surface area contributed by atoms with Crippen molar-refractivity contribution >= 4 is 11.6 Å². The monoisotopic (exact) mass is 305 g/mol. The quantitative estimate of drug-likeness (QED) is 0.923. The molecule has 0 radical (unpaired) electrons. The first-order valence-electron chi connectivity index (χ1n) is 6.83. The fourth-order valence-electron chi connectivity index (χ4n) is 1.68. The summed E-state index contributed by atoms with van der Waals surface area (Å²) < 4.78 is 5.71. The number of nitrogens with one attached hydrogen (secondary N) is 1. The molecule has 21 heavy (non-hydrogen) atoms. The van der Waals surface area contributed by atoms with Gasteiger partial charge in [-0.1, -0.05) is 11.6 Å². The predicted octanol–water partition coefficient (Wildman–Crippen LogP) is 4.12. The third-order valence-electron chi connectivity index (χ3n) is 2.83. The van der Waals surface area contributed by atoms with Crippen LogP contribution in [0, 0.1) is 6.92 Å². The fraction of sp³-hybridized carbons (Fsp3) is 0.375. The van der Waals surface area contributed by atoms with Gasteiger partial charge in [-0.2, -0.15) is 0 Å². The van der Waals surface area contributed by atoms with E-state index in [1.165, 1.54) is 0 Å². The van der Waals surface area contributed by atoms with Crippen LogP contribution in [-0.4, -0.2) is 15.5 Å². The van der Waals surface area contributed by atoms with Crippen LogP contribution in [0.4, 0.5) is 0 Å². The number of aromatic nitrogens is 2. The number of hydrogen-bond donors (Lipinski definition) is 1. The van der Waals surface area contributed by atoms with Crippen LogP contribution in [0.3, 0.4) is 0 Å². The Bertz CT molecular complexity index is 606. The zero-order valence-corrected chi connectivity index (χ0v) is 13.5. The van der Waals surface area contributed by atoms with E-state index in [1.54, 1.807) is 18.5 Å². The largest absolute Gasteiger partial charge is 0.437 e. The third-order valence-corrected chi connectivity index (χ3v) is 3.07. The summed E-state index contributed by atoms with van der Waals surface area (Å²) in [6.07, 6.45) is 3.35. The van der Waals surface area contributed by atoms with Gasteiger partial charge in [-0.25, -0.2) is 4.98 Å². The van der Waals surface area contributed by atoms with E-state index in [0.717, 1.165) is 17.0 Å². The Morgan fingerprint density at radius 2 is 1.95 bits per heavy atom. The topological polar surface area (TPSA) is 47.0 Å². The van der Waals surface area contributed by atoms with Crippen LogP contribution in [0.15, 0.2) is 30.6 Å². The van der Waals surface area contributed by atoms with Gasteiger partial charge in [-0.3, -0.25) is 4.98 Å². The van der Waals surface area contributed by atoms with Crippen molar-refractivity contribution in [3.8, 4) is 11.6 Å². The highest BCUT2D eigenvalue weighted by Gasteiger charge is 2.09. The van der Waals surface area contributed by atoms with Crippen LogP contribution < -0.4 is 10.1 Å². The Morgan fingerprint density at radius 1 is 1.19 bits per heavy atom. The van der Waals surface area contributed by atoms with E-state index in [2.05, 4.69) is 36.1 Å². The van der Waals surface area contributed by atoms with Crippen LogP contribution in [0.1, 0.15) is 32.0 Å². The molecule has 2 rings (SSSR count). The van der Waals surface area contributed by atoms with Crippen molar-refractivity contribution < 1.29 is 4.74 Å². The summed E-state index contributed by atoms with van der Waals surface area (Å²) in [5.74, 6) is 1.20. The molecule has 0 fully saturated rings. The molecule has 0 aliphatic rings. The van der Waals surface area contributed by atoms with E-state index in [1.807, 2.05) is 19.1 Å². The zero-order chi connectivity index (χ0) is 15.5. The molecular formula is C16H20ClN3O. The Hall–Kier alpha value is -1.65. The minimum absolute atomic E-state index is 0.0528. The molecule has 0 spiro atoms. The van der Waals surface area contributed by atoms with Crippen LogP contribution in [-0.2, 0) is 6.54 Å². The number of hydrogen-bond acceptors (Lipinski definition) is 4. The van der Waals surface area contributed by atoms with Crippen LogP contribution in [0.25, 0.3) is 0 Å². The Balaban J connectivity index is 2.02. The molecule has 0 bridgehead atoms. The van der Waals surface area contributed by atoms with E-state index in [9.17, 15) is 0 Å². The molecule has 0 saturated heterocycles. The smallest absolute Gasteiger partial charge is 0.237 e. The second-order valence-electron chi connectivity index (χ2n) is 5.96. The van der Waals surface area contributed by atoms with Gasteiger partial charge in [0.1, 0.15) is 5.75 Å². The van der Waals surface area contributed by atoms with Gasteiger partial charge < -0.3 is 10.1 Å². The highest BCUT2D eigenvalue weighted by Crippen LogP contribution is 2.25. The maximum Gasteiger partial charge on any atom is 0.237 e. The molecule has 4 nitrogen and oxygen atoms in total. The van der Waals surface area contributed by atoms with Gasteiger partial charge in [0.05, 0.1) is 18.1 Å². The Labute approximate surface area is 130 Å². The van der Waals surface area contributed by atoms with Gasteiger partial charge in [-0.15, -0.1) is 0 Å². The summed E-state index contributed by atoms with van der Waals surface area (Å²) in [7, 11) is 0. The predicted molar refractivity (Wildman–Crippen MR) is 84.9 cm³/mol. The average molecular weight is 306 g/mol. The zero-order valence-electron chi connectivity index (χ0n) is 12.8. The van der Waals surface area contributed by atoms with Crippen molar-refractivity contribution in [2.45, 2.75) is 39.8 Å². The first-order valence-corrected chi connectivity index (χ1v) is 7.21. The van der Waals surface area contributed by atoms with Gasteiger partial charge in [0, 0.05) is 17.1 Å². The Kier molecular flexibility index (Phi) is 4.80. The van der Waals surface area contributed by atoms with E-state index in [4.69, 9.17) is 16.3 Å². The molecule has 0 unspecified atom stereocenters. The van der Waals surface area contributed by atoms with E-state index in [0.29, 0.717) is 17.4 Å². The highest BCUT2D eigenvalue weighted by molar-refractivity contribution is 6.30. The molecule has 112 valence electrons. The number of rotatable bonds is 4. The number of benzene rings is 1. The van der Waals surface area contributed by atoms with Gasteiger partial charge in [0.15, 0.2) is 0 Å². The third kappa shape index (κ3) is 4.99. The van der Waals surface area contributed by atoms with Crippen molar-refractivity contribution in [2.75, 3.05) is 0 Å². The lowest BCUT2D eigenvalue weighted by molar-refractivity contribution is 0.418. The van der Waals surface area contributed by atoms with Crippen molar-refractivity contribution in [2.24, 2.45) is 0 Å². The average Bonchev–Trinajstić information content (AvgIpc) is 2.40. The second kappa shape index (κ2) is 6.41. The molecule has 1 aromatic carbocycles. The summed E-state index contributed by atoms with van der Waals surface area (Å²) in [5, 5.41) is 4.05. The van der Waals surface area contributed by atoms with Gasteiger partial charge >= 0.3 is 0 Å². The van der Waals surface area contributed by atoms with Crippen LogP contribution in [0.5, 0.6) is 11.6 Å². The molecule has 0 aliphatic heterocycles. The molecule has 1 aromatic heterocycles.